The molecule has 0 atom stereocenters. The van der Waals surface area contributed by atoms with E-state index in [1.807, 2.05) is 0 Å². The van der Waals surface area contributed by atoms with Crippen molar-refractivity contribution in [3.8, 4) is 11.8 Å². The molecule has 2 N–H and O–H groups in total. The first-order valence-corrected chi connectivity index (χ1v) is 7.29. The molecule has 0 radical (unpaired) electrons. The largest absolute Gasteiger partial charge is 0.384 e. The van der Waals surface area contributed by atoms with Gasteiger partial charge in [0.25, 0.3) is 5.91 Å². The van der Waals surface area contributed by atoms with Crippen LogP contribution in [0.5, 0.6) is 0 Å². The van der Waals surface area contributed by atoms with Crippen LogP contribution >= 0.6 is 11.6 Å². The maximum Gasteiger partial charge on any atom is 0.251 e. The van der Waals surface area contributed by atoms with Crippen molar-refractivity contribution < 1.29 is 9.90 Å². The molecule has 0 aliphatic heterocycles. The Morgan fingerprint density at radius 1 is 1.33 bits per heavy atom. The van der Waals surface area contributed by atoms with Gasteiger partial charge in [0.2, 0.25) is 0 Å². The molecule has 0 bridgehead atoms. The van der Waals surface area contributed by atoms with Crippen molar-refractivity contribution in [1.82, 2.24) is 5.32 Å². The molecule has 0 unspecified atom stereocenters. The molecule has 1 saturated carbocycles. The maximum atomic E-state index is 12.3. The lowest BCUT2D eigenvalue weighted by atomic mass is 10.0. The Morgan fingerprint density at radius 2 is 1.95 bits per heavy atom. The van der Waals surface area contributed by atoms with Crippen molar-refractivity contribution in [2.24, 2.45) is 10.8 Å². The van der Waals surface area contributed by atoms with Gasteiger partial charge in [0, 0.05) is 17.2 Å². The maximum absolute atomic E-state index is 12.3. The van der Waals surface area contributed by atoms with Crippen molar-refractivity contribution in [3.63, 3.8) is 0 Å². The summed E-state index contributed by atoms with van der Waals surface area (Å²) in [6, 6.07) is 5.17. The molecule has 0 aromatic heterocycles. The number of amides is 1. The van der Waals surface area contributed by atoms with E-state index in [2.05, 4.69) is 44.9 Å². The SMILES string of the molecule is CC1(C)C(NC(=O)c2ccc(C#CCO)c(Cl)c2)C1(C)C. The molecule has 0 saturated heterocycles. The van der Waals surface area contributed by atoms with Gasteiger partial charge in [0.05, 0.1) is 5.02 Å². The summed E-state index contributed by atoms with van der Waals surface area (Å²) in [6.07, 6.45) is 0. The average molecular weight is 306 g/mol. The highest BCUT2D eigenvalue weighted by atomic mass is 35.5. The minimum atomic E-state index is -0.218. The Hall–Kier alpha value is -1.50. The first kappa shape index (κ1) is 15.9. The van der Waals surface area contributed by atoms with Crippen LogP contribution in [-0.2, 0) is 0 Å². The van der Waals surface area contributed by atoms with Gasteiger partial charge in [0.1, 0.15) is 6.61 Å². The van der Waals surface area contributed by atoms with E-state index >= 15 is 0 Å². The van der Waals surface area contributed by atoms with E-state index in [9.17, 15) is 4.79 Å². The van der Waals surface area contributed by atoms with E-state index in [1.54, 1.807) is 18.2 Å². The Kier molecular flexibility index (Phi) is 4.06. The highest BCUT2D eigenvalue weighted by Gasteiger charge is 2.65. The van der Waals surface area contributed by atoms with Crippen LogP contribution in [0.15, 0.2) is 18.2 Å². The van der Waals surface area contributed by atoms with Crippen LogP contribution in [0.4, 0.5) is 0 Å². The van der Waals surface area contributed by atoms with Crippen molar-refractivity contribution >= 4 is 17.5 Å². The smallest absolute Gasteiger partial charge is 0.251 e. The zero-order valence-corrected chi connectivity index (χ0v) is 13.5. The number of hydrogen-bond acceptors (Lipinski definition) is 2. The molecule has 1 amide bonds. The number of carbonyl (C=O) groups excluding carboxylic acids is 1. The molecule has 1 aliphatic carbocycles. The number of rotatable bonds is 2. The van der Waals surface area contributed by atoms with Crippen LogP contribution in [0.25, 0.3) is 0 Å². The molecule has 21 heavy (non-hydrogen) atoms. The molecule has 0 heterocycles. The minimum Gasteiger partial charge on any atom is -0.384 e. The third-order valence-electron chi connectivity index (χ3n) is 4.83. The molecule has 2 rings (SSSR count). The second kappa shape index (κ2) is 5.36. The lowest BCUT2D eigenvalue weighted by molar-refractivity contribution is 0.0943. The number of halogens is 1. The summed E-state index contributed by atoms with van der Waals surface area (Å²) in [7, 11) is 0. The lowest BCUT2D eigenvalue weighted by Crippen LogP contribution is -2.29. The molecule has 1 aromatic rings. The molecule has 1 aliphatic rings. The Labute approximate surface area is 130 Å². The standard InChI is InChI=1S/C17H20ClNO2/c1-16(2)15(17(16,3)4)19-14(21)12-8-7-11(6-5-9-20)13(18)10-12/h7-8,10,15,20H,9H2,1-4H3,(H,19,21). The third-order valence-corrected chi connectivity index (χ3v) is 5.14. The molecule has 1 aromatic carbocycles. The van der Waals surface area contributed by atoms with Crippen LogP contribution in [0.2, 0.25) is 5.02 Å². The van der Waals surface area contributed by atoms with Gasteiger partial charge in [-0.25, -0.2) is 0 Å². The summed E-state index contributed by atoms with van der Waals surface area (Å²) >= 11 is 6.11. The highest BCUT2D eigenvalue weighted by Crippen LogP contribution is 2.62. The quantitative estimate of drug-likeness (QED) is 0.826. The van der Waals surface area contributed by atoms with Crippen molar-refractivity contribution in [3.05, 3.63) is 34.3 Å². The summed E-state index contributed by atoms with van der Waals surface area (Å²) in [5.74, 6) is 5.16. The molecule has 1 fully saturated rings. The van der Waals surface area contributed by atoms with Gasteiger partial charge in [-0.15, -0.1) is 0 Å². The van der Waals surface area contributed by atoms with Gasteiger partial charge in [-0.1, -0.05) is 51.1 Å². The fraction of sp³-hybridized carbons (Fsp3) is 0.471. The number of aliphatic hydroxyl groups excluding tert-OH is 1. The summed E-state index contributed by atoms with van der Waals surface area (Å²) in [5, 5.41) is 12.2. The first-order valence-electron chi connectivity index (χ1n) is 6.92. The Balaban J connectivity index is 2.13. The fourth-order valence-corrected chi connectivity index (χ4v) is 2.89. The molecule has 0 spiro atoms. The van der Waals surface area contributed by atoms with Gasteiger partial charge in [-0.05, 0) is 29.0 Å². The molecule has 3 nitrogen and oxygen atoms in total. The summed E-state index contributed by atoms with van der Waals surface area (Å²) in [4.78, 5) is 12.3. The number of nitrogens with one attached hydrogen (secondary N) is 1. The van der Waals surface area contributed by atoms with Crippen LogP contribution in [0, 0.1) is 22.7 Å². The second-order valence-electron chi connectivity index (χ2n) is 6.50. The number of hydrogen-bond donors (Lipinski definition) is 2. The second-order valence-corrected chi connectivity index (χ2v) is 6.91. The van der Waals surface area contributed by atoms with Gasteiger partial charge in [-0.2, -0.15) is 0 Å². The highest BCUT2D eigenvalue weighted by molar-refractivity contribution is 6.32. The van der Waals surface area contributed by atoms with Gasteiger partial charge in [0.15, 0.2) is 0 Å². The third kappa shape index (κ3) is 2.79. The van der Waals surface area contributed by atoms with E-state index in [0.29, 0.717) is 16.1 Å². The topological polar surface area (TPSA) is 49.3 Å². The number of aliphatic hydroxyl groups is 1. The van der Waals surface area contributed by atoms with Crippen LogP contribution in [0.1, 0.15) is 43.6 Å². The van der Waals surface area contributed by atoms with Crippen LogP contribution < -0.4 is 5.32 Å². The zero-order chi connectivity index (χ0) is 15.8. The normalized spacial score (nSPS) is 18.6. The van der Waals surface area contributed by atoms with Crippen LogP contribution in [-0.4, -0.2) is 23.7 Å². The van der Waals surface area contributed by atoms with Crippen molar-refractivity contribution in [1.29, 1.82) is 0 Å². The predicted molar refractivity (Wildman–Crippen MR) is 84.2 cm³/mol. The average Bonchev–Trinajstić information content (AvgIpc) is 2.79. The zero-order valence-electron chi connectivity index (χ0n) is 12.7. The molecular formula is C17H20ClNO2. The van der Waals surface area contributed by atoms with E-state index in [-0.39, 0.29) is 29.4 Å². The molecule has 4 heteroatoms. The van der Waals surface area contributed by atoms with E-state index in [4.69, 9.17) is 16.7 Å². The molecular weight excluding hydrogens is 286 g/mol. The predicted octanol–water partition coefficient (Wildman–Crippen LogP) is 2.85. The minimum absolute atomic E-state index is 0.0962. The number of benzene rings is 1. The summed E-state index contributed by atoms with van der Waals surface area (Å²) in [5.41, 5.74) is 1.32. The van der Waals surface area contributed by atoms with Gasteiger partial charge < -0.3 is 10.4 Å². The van der Waals surface area contributed by atoms with Crippen molar-refractivity contribution in [2.45, 2.75) is 33.7 Å². The lowest BCUT2D eigenvalue weighted by Gasteiger charge is -2.08. The summed E-state index contributed by atoms with van der Waals surface area (Å²) < 4.78 is 0. The van der Waals surface area contributed by atoms with Crippen LogP contribution in [0.3, 0.4) is 0 Å². The van der Waals surface area contributed by atoms with E-state index in [0.717, 1.165) is 0 Å². The fourth-order valence-electron chi connectivity index (χ4n) is 2.66. The first-order chi connectivity index (χ1) is 9.71. The van der Waals surface area contributed by atoms with Gasteiger partial charge >= 0.3 is 0 Å². The summed E-state index contributed by atoms with van der Waals surface area (Å²) in [6.45, 7) is 8.39. The van der Waals surface area contributed by atoms with Gasteiger partial charge in [-0.3, -0.25) is 4.79 Å². The van der Waals surface area contributed by atoms with E-state index in [1.165, 1.54) is 0 Å². The van der Waals surface area contributed by atoms with Crippen molar-refractivity contribution in [2.75, 3.05) is 6.61 Å². The Bertz CT molecular complexity index is 624. The number of carbonyl (C=O) groups is 1. The molecule has 112 valence electrons. The Morgan fingerprint density at radius 3 is 2.43 bits per heavy atom. The van der Waals surface area contributed by atoms with E-state index < -0.39 is 0 Å². The monoisotopic (exact) mass is 305 g/mol.